The summed E-state index contributed by atoms with van der Waals surface area (Å²) in [6, 6.07) is 9.22. The van der Waals surface area contributed by atoms with Crippen LogP contribution in [0.15, 0.2) is 35.4 Å². The van der Waals surface area contributed by atoms with Gasteiger partial charge in [-0.05, 0) is 44.5 Å². The Labute approximate surface area is 156 Å². The summed E-state index contributed by atoms with van der Waals surface area (Å²) in [5.74, 6) is -0.870. The van der Waals surface area contributed by atoms with Gasteiger partial charge >= 0.3 is 0 Å². The van der Waals surface area contributed by atoms with E-state index in [0.29, 0.717) is 17.8 Å². The van der Waals surface area contributed by atoms with Crippen LogP contribution in [0.2, 0.25) is 0 Å². The molecule has 0 atom stereocenters. The van der Waals surface area contributed by atoms with Crippen LogP contribution in [0, 0.1) is 26.7 Å². The molecule has 3 aromatic rings. The van der Waals surface area contributed by atoms with Crippen LogP contribution in [0.4, 0.5) is 4.39 Å². The maximum Gasteiger partial charge on any atom is 0.271 e. The zero-order valence-corrected chi connectivity index (χ0v) is 15.7. The second-order valence-electron chi connectivity index (χ2n) is 6.39. The minimum Gasteiger partial charge on any atom is -0.267 e. The molecule has 140 valence electrons. The minimum absolute atomic E-state index is 0.248. The molecule has 0 spiro atoms. The molecule has 0 saturated carbocycles. The second kappa shape index (κ2) is 7.53. The molecule has 0 bridgehead atoms. The third-order valence-corrected chi connectivity index (χ3v) is 4.21. The second-order valence-corrected chi connectivity index (χ2v) is 6.39. The quantitative estimate of drug-likeness (QED) is 0.555. The zero-order valence-electron chi connectivity index (χ0n) is 15.7. The highest BCUT2D eigenvalue weighted by Crippen LogP contribution is 2.10. The van der Waals surface area contributed by atoms with Crippen molar-refractivity contribution in [1.29, 1.82) is 0 Å². The van der Waals surface area contributed by atoms with Crippen molar-refractivity contribution < 1.29 is 9.18 Å². The van der Waals surface area contributed by atoms with Crippen LogP contribution >= 0.6 is 0 Å². The SMILES string of the molecule is Cc1cc(C)n(Cc2ccc(C(=O)N/N=C/c3c(C)nn(C)c3F)cc2)n1. The van der Waals surface area contributed by atoms with E-state index < -0.39 is 5.95 Å². The van der Waals surface area contributed by atoms with E-state index in [1.165, 1.54) is 13.3 Å². The average Bonchev–Trinajstić information content (AvgIpc) is 3.07. The molecule has 3 rings (SSSR count). The summed E-state index contributed by atoms with van der Waals surface area (Å²) in [7, 11) is 1.51. The normalized spacial score (nSPS) is 11.3. The molecule has 0 aliphatic carbocycles. The molecule has 2 aromatic heterocycles. The molecule has 1 amide bonds. The van der Waals surface area contributed by atoms with Gasteiger partial charge in [0.25, 0.3) is 5.91 Å². The molecule has 0 aliphatic rings. The Kier molecular flexibility index (Phi) is 5.16. The van der Waals surface area contributed by atoms with Gasteiger partial charge in [-0.3, -0.25) is 9.48 Å². The number of aromatic nitrogens is 4. The van der Waals surface area contributed by atoms with Crippen LogP contribution in [-0.4, -0.2) is 31.7 Å². The van der Waals surface area contributed by atoms with Crippen LogP contribution in [0.25, 0.3) is 0 Å². The van der Waals surface area contributed by atoms with Gasteiger partial charge in [0.2, 0.25) is 5.95 Å². The fraction of sp³-hybridized carbons (Fsp3) is 0.263. The predicted octanol–water partition coefficient (Wildman–Crippen LogP) is 2.49. The molecule has 27 heavy (non-hydrogen) atoms. The maximum absolute atomic E-state index is 13.8. The lowest BCUT2D eigenvalue weighted by atomic mass is 10.1. The number of hydrogen-bond donors (Lipinski definition) is 1. The predicted molar refractivity (Wildman–Crippen MR) is 100 cm³/mol. The van der Waals surface area contributed by atoms with Crippen molar-refractivity contribution in [1.82, 2.24) is 25.0 Å². The number of carbonyl (C=O) groups is 1. The molecule has 0 fully saturated rings. The van der Waals surface area contributed by atoms with Crippen molar-refractivity contribution in [3.05, 3.63) is 70.1 Å². The Bertz CT molecular complexity index is 1000. The third-order valence-electron chi connectivity index (χ3n) is 4.21. The van der Waals surface area contributed by atoms with Gasteiger partial charge in [-0.1, -0.05) is 12.1 Å². The standard InChI is InChI=1S/C19H21FN6O/c1-12-9-13(2)26(23-12)11-15-5-7-16(8-6-15)19(27)22-21-10-17-14(3)24-25(4)18(17)20/h5-10H,11H2,1-4H3,(H,22,27)/b21-10+. The number of amides is 1. The van der Waals surface area contributed by atoms with Crippen LogP contribution in [0.3, 0.4) is 0 Å². The van der Waals surface area contributed by atoms with E-state index in [1.54, 1.807) is 19.1 Å². The van der Waals surface area contributed by atoms with Crippen LogP contribution < -0.4 is 5.43 Å². The van der Waals surface area contributed by atoms with E-state index in [2.05, 4.69) is 20.7 Å². The number of halogens is 1. The summed E-state index contributed by atoms with van der Waals surface area (Å²) in [5, 5.41) is 12.2. The van der Waals surface area contributed by atoms with Gasteiger partial charge < -0.3 is 0 Å². The summed E-state index contributed by atoms with van der Waals surface area (Å²) in [5.41, 5.74) is 6.71. The molecule has 0 unspecified atom stereocenters. The van der Waals surface area contributed by atoms with E-state index in [0.717, 1.165) is 21.6 Å². The van der Waals surface area contributed by atoms with Crippen molar-refractivity contribution >= 4 is 12.1 Å². The number of benzene rings is 1. The lowest BCUT2D eigenvalue weighted by Gasteiger charge is -2.06. The molecule has 1 N–H and O–H groups in total. The van der Waals surface area contributed by atoms with E-state index >= 15 is 0 Å². The van der Waals surface area contributed by atoms with Crippen molar-refractivity contribution in [2.45, 2.75) is 27.3 Å². The monoisotopic (exact) mass is 368 g/mol. The zero-order chi connectivity index (χ0) is 19.6. The molecule has 0 radical (unpaired) electrons. The Morgan fingerprint density at radius 1 is 1.22 bits per heavy atom. The maximum atomic E-state index is 13.8. The largest absolute Gasteiger partial charge is 0.271 e. The number of nitrogens with one attached hydrogen (secondary N) is 1. The van der Waals surface area contributed by atoms with E-state index in [9.17, 15) is 9.18 Å². The first-order valence-electron chi connectivity index (χ1n) is 8.47. The topological polar surface area (TPSA) is 77.1 Å². The fourth-order valence-corrected chi connectivity index (χ4v) is 2.78. The van der Waals surface area contributed by atoms with Gasteiger partial charge in [-0.2, -0.15) is 19.7 Å². The van der Waals surface area contributed by atoms with Crippen LogP contribution in [0.1, 0.15) is 38.6 Å². The molecule has 0 saturated heterocycles. The summed E-state index contributed by atoms with van der Waals surface area (Å²) in [6.45, 7) is 6.27. The Morgan fingerprint density at radius 2 is 1.93 bits per heavy atom. The third kappa shape index (κ3) is 4.11. The lowest BCUT2D eigenvalue weighted by Crippen LogP contribution is -2.17. The first-order chi connectivity index (χ1) is 12.8. The van der Waals surface area contributed by atoms with Gasteiger partial charge in [0.1, 0.15) is 0 Å². The highest BCUT2D eigenvalue weighted by molar-refractivity contribution is 5.95. The Morgan fingerprint density at radius 3 is 2.48 bits per heavy atom. The molecule has 1 aromatic carbocycles. The first kappa shape index (κ1) is 18.5. The number of aryl methyl sites for hydroxylation is 4. The first-order valence-corrected chi connectivity index (χ1v) is 8.47. The molecular weight excluding hydrogens is 347 g/mol. The summed E-state index contributed by atoms with van der Waals surface area (Å²) < 4.78 is 16.9. The Hall–Kier alpha value is -3.29. The van der Waals surface area contributed by atoms with Crippen molar-refractivity contribution in [2.24, 2.45) is 12.1 Å². The smallest absolute Gasteiger partial charge is 0.267 e. The van der Waals surface area contributed by atoms with E-state index in [4.69, 9.17) is 0 Å². The highest BCUT2D eigenvalue weighted by Gasteiger charge is 2.11. The van der Waals surface area contributed by atoms with Crippen molar-refractivity contribution in [2.75, 3.05) is 0 Å². The molecule has 0 aliphatic heterocycles. The van der Waals surface area contributed by atoms with E-state index in [-0.39, 0.29) is 11.5 Å². The molecule has 2 heterocycles. The van der Waals surface area contributed by atoms with Crippen molar-refractivity contribution in [3.63, 3.8) is 0 Å². The fourth-order valence-electron chi connectivity index (χ4n) is 2.78. The molecule has 7 nitrogen and oxygen atoms in total. The summed E-state index contributed by atoms with van der Waals surface area (Å²) in [6.07, 6.45) is 1.26. The lowest BCUT2D eigenvalue weighted by molar-refractivity contribution is 0.0955. The minimum atomic E-state index is -0.501. The van der Waals surface area contributed by atoms with Gasteiger partial charge in [0.15, 0.2) is 0 Å². The highest BCUT2D eigenvalue weighted by atomic mass is 19.1. The number of hydrogen-bond acceptors (Lipinski definition) is 4. The van der Waals surface area contributed by atoms with Gasteiger partial charge in [-0.25, -0.2) is 10.1 Å². The summed E-state index contributed by atoms with van der Waals surface area (Å²) >= 11 is 0. The average molecular weight is 368 g/mol. The number of hydrazone groups is 1. The number of carbonyl (C=O) groups excluding carboxylic acids is 1. The van der Waals surface area contributed by atoms with Gasteiger partial charge in [0, 0.05) is 18.3 Å². The molecule has 8 heteroatoms. The van der Waals surface area contributed by atoms with Gasteiger partial charge in [0.05, 0.1) is 29.7 Å². The Balaban J connectivity index is 1.63. The number of nitrogens with zero attached hydrogens (tertiary/aromatic N) is 5. The van der Waals surface area contributed by atoms with Crippen LogP contribution in [0.5, 0.6) is 0 Å². The summed E-state index contributed by atoms with van der Waals surface area (Å²) in [4.78, 5) is 12.2. The van der Waals surface area contributed by atoms with Gasteiger partial charge in [-0.15, -0.1) is 0 Å². The van der Waals surface area contributed by atoms with Crippen molar-refractivity contribution in [3.8, 4) is 0 Å². The van der Waals surface area contributed by atoms with E-state index in [1.807, 2.05) is 36.7 Å². The van der Waals surface area contributed by atoms with Crippen LogP contribution in [-0.2, 0) is 13.6 Å². The molecular formula is C19H21FN6O. The number of rotatable bonds is 5.